The van der Waals surface area contributed by atoms with Gasteiger partial charge in [-0.3, -0.25) is 4.79 Å². The first-order valence-electron chi connectivity index (χ1n) is 5.97. The van der Waals surface area contributed by atoms with Crippen molar-refractivity contribution in [3.8, 4) is 0 Å². The van der Waals surface area contributed by atoms with Crippen LogP contribution in [-0.2, 0) is 9.53 Å². The maximum absolute atomic E-state index is 11.8. The summed E-state index contributed by atoms with van der Waals surface area (Å²) in [6, 6.07) is 0. The quantitative estimate of drug-likeness (QED) is 0.578. The second-order valence-corrected chi connectivity index (χ2v) is 5.11. The Hall–Kier alpha value is -0.570. The number of carbonyl (C=O) groups is 1. The summed E-state index contributed by atoms with van der Waals surface area (Å²) in [6.45, 7) is 4.02. The molecular formula is C12H23NO2. The van der Waals surface area contributed by atoms with Crippen molar-refractivity contribution in [3.63, 3.8) is 0 Å². The van der Waals surface area contributed by atoms with Crippen molar-refractivity contribution in [2.75, 3.05) is 6.54 Å². The van der Waals surface area contributed by atoms with Gasteiger partial charge in [0.05, 0.1) is 5.41 Å². The number of ether oxygens (including phenoxy) is 1. The molecule has 1 rings (SSSR count). The van der Waals surface area contributed by atoms with Gasteiger partial charge in [-0.15, -0.1) is 0 Å². The fourth-order valence-electron chi connectivity index (χ4n) is 1.75. The fraction of sp³-hybridized carbons (Fsp3) is 0.917. The second-order valence-electron chi connectivity index (χ2n) is 5.11. The summed E-state index contributed by atoms with van der Waals surface area (Å²) in [7, 11) is 0. The van der Waals surface area contributed by atoms with Gasteiger partial charge in [-0.1, -0.05) is 12.8 Å². The van der Waals surface area contributed by atoms with Gasteiger partial charge in [-0.2, -0.15) is 0 Å². The van der Waals surface area contributed by atoms with E-state index in [4.69, 9.17) is 10.5 Å². The molecule has 0 heterocycles. The smallest absolute Gasteiger partial charge is 0.313 e. The molecule has 0 aliphatic heterocycles. The number of nitrogens with two attached hydrogens (primary N) is 1. The number of hydrogen-bond donors (Lipinski definition) is 1. The van der Waals surface area contributed by atoms with Crippen molar-refractivity contribution in [2.45, 2.75) is 58.5 Å². The topological polar surface area (TPSA) is 52.3 Å². The third-order valence-electron chi connectivity index (χ3n) is 3.14. The molecule has 88 valence electrons. The van der Waals surface area contributed by atoms with Crippen LogP contribution in [0.5, 0.6) is 0 Å². The van der Waals surface area contributed by atoms with Crippen molar-refractivity contribution >= 4 is 5.97 Å². The van der Waals surface area contributed by atoms with Gasteiger partial charge in [0.2, 0.25) is 0 Å². The second kappa shape index (κ2) is 5.50. The van der Waals surface area contributed by atoms with E-state index in [1.807, 2.05) is 13.8 Å². The van der Waals surface area contributed by atoms with Crippen LogP contribution >= 0.6 is 0 Å². The summed E-state index contributed by atoms with van der Waals surface area (Å²) < 4.78 is 5.51. The van der Waals surface area contributed by atoms with Crippen molar-refractivity contribution in [1.82, 2.24) is 0 Å². The van der Waals surface area contributed by atoms with Crippen LogP contribution in [0.3, 0.4) is 0 Å². The Morgan fingerprint density at radius 2 is 1.80 bits per heavy atom. The molecule has 2 N–H and O–H groups in total. The third-order valence-corrected chi connectivity index (χ3v) is 3.14. The lowest BCUT2D eigenvalue weighted by Gasteiger charge is -2.24. The van der Waals surface area contributed by atoms with E-state index >= 15 is 0 Å². The van der Waals surface area contributed by atoms with E-state index in [0.29, 0.717) is 6.54 Å². The summed E-state index contributed by atoms with van der Waals surface area (Å²) in [6.07, 6.45) is 7.08. The molecule has 0 bridgehead atoms. The molecule has 0 atom stereocenters. The molecule has 0 aromatic rings. The molecule has 1 aliphatic rings. The van der Waals surface area contributed by atoms with Crippen LogP contribution < -0.4 is 5.73 Å². The Labute approximate surface area is 92.4 Å². The average Bonchev–Trinajstić information content (AvgIpc) is 2.46. The molecule has 1 fully saturated rings. The monoisotopic (exact) mass is 213 g/mol. The SMILES string of the molecule is CC(C)(CN)C(=O)OC1CCCCCC1. The Morgan fingerprint density at radius 3 is 2.27 bits per heavy atom. The highest BCUT2D eigenvalue weighted by molar-refractivity contribution is 5.76. The lowest BCUT2D eigenvalue weighted by Crippen LogP contribution is -2.36. The van der Waals surface area contributed by atoms with Gasteiger partial charge in [0, 0.05) is 6.54 Å². The highest BCUT2D eigenvalue weighted by atomic mass is 16.5. The number of esters is 1. The lowest BCUT2D eigenvalue weighted by atomic mass is 9.94. The summed E-state index contributed by atoms with van der Waals surface area (Å²) >= 11 is 0. The Kier molecular flexibility index (Phi) is 4.58. The molecule has 0 unspecified atom stereocenters. The first-order chi connectivity index (χ1) is 7.06. The predicted molar refractivity (Wildman–Crippen MR) is 60.4 cm³/mol. The highest BCUT2D eigenvalue weighted by Gasteiger charge is 2.30. The minimum absolute atomic E-state index is 0.130. The van der Waals surface area contributed by atoms with Gasteiger partial charge in [-0.05, 0) is 39.5 Å². The molecule has 3 heteroatoms. The van der Waals surface area contributed by atoms with Crippen molar-refractivity contribution < 1.29 is 9.53 Å². The minimum atomic E-state index is -0.535. The highest BCUT2D eigenvalue weighted by Crippen LogP contribution is 2.23. The Balaban J connectivity index is 2.42. The Morgan fingerprint density at radius 1 is 1.27 bits per heavy atom. The number of hydrogen-bond acceptors (Lipinski definition) is 3. The van der Waals surface area contributed by atoms with E-state index in [1.54, 1.807) is 0 Å². The maximum atomic E-state index is 11.8. The molecule has 0 saturated heterocycles. The van der Waals surface area contributed by atoms with Crippen LogP contribution in [0.15, 0.2) is 0 Å². The zero-order valence-electron chi connectivity index (χ0n) is 9.92. The van der Waals surface area contributed by atoms with E-state index in [-0.39, 0.29) is 12.1 Å². The molecule has 15 heavy (non-hydrogen) atoms. The van der Waals surface area contributed by atoms with Crippen LogP contribution in [0.4, 0.5) is 0 Å². The molecule has 0 spiro atoms. The summed E-state index contributed by atoms with van der Waals surface area (Å²) in [5, 5.41) is 0. The van der Waals surface area contributed by atoms with Crippen molar-refractivity contribution in [3.05, 3.63) is 0 Å². The zero-order valence-corrected chi connectivity index (χ0v) is 9.92. The zero-order chi connectivity index (χ0) is 11.3. The first-order valence-corrected chi connectivity index (χ1v) is 5.97. The molecular weight excluding hydrogens is 190 g/mol. The van der Waals surface area contributed by atoms with Crippen molar-refractivity contribution in [1.29, 1.82) is 0 Å². The average molecular weight is 213 g/mol. The van der Waals surface area contributed by atoms with Crippen LogP contribution in [-0.4, -0.2) is 18.6 Å². The molecule has 0 radical (unpaired) electrons. The van der Waals surface area contributed by atoms with Crippen molar-refractivity contribution in [2.24, 2.45) is 11.1 Å². The summed E-state index contributed by atoms with van der Waals surface area (Å²) in [5.41, 5.74) is 5.01. The fourth-order valence-corrected chi connectivity index (χ4v) is 1.75. The summed E-state index contributed by atoms with van der Waals surface area (Å²) in [5.74, 6) is -0.142. The predicted octanol–water partition coefficient (Wildman–Crippen LogP) is 2.24. The van der Waals surface area contributed by atoms with Crippen LogP contribution in [0, 0.1) is 5.41 Å². The van der Waals surface area contributed by atoms with Gasteiger partial charge in [-0.25, -0.2) is 0 Å². The first kappa shape index (κ1) is 12.5. The van der Waals surface area contributed by atoms with E-state index < -0.39 is 5.41 Å². The van der Waals surface area contributed by atoms with Crippen LogP contribution in [0.25, 0.3) is 0 Å². The van der Waals surface area contributed by atoms with Gasteiger partial charge in [0.1, 0.15) is 6.10 Å². The molecule has 0 amide bonds. The van der Waals surface area contributed by atoms with E-state index in [1.165, 1.54) is 25.7 Å². The molecule has 0 aromatic heterocycles. The molecule has 0 aromatic carbocycles. The largest absolute Gasteiger partial charge is 0.462 e. The Bertz CT molecular complexity index is 206. The maximum Gasteiger partial charge on any atom is 0.313 e. The molecule has 3 nitrogen and oxygen atoms in total. The number of carbonyl (C=O) groups excluding carboxylic acids is 1. The molecule has 1 aliphatic carbocycles. The lowest BCUT2D eigenvalue weighted by molar-refractivity contribution is -0.159. The normalized spacial score (nSPS) is 19.7. The van der Waals surface area contributed by atoms with Gasteiger partial charge >= 0.3 is 5.97 Å². The minimum Gasteiger partial charge on any atom is -0.462 e. The standard InChI is InChI=1S/C12H23NO2/c1-12(2,9-13)11(14)15-10-7-5-3-4-6-8-10/h10H,3-9,13H2,1-2H3. The van der Waals surface area contributed by atoms with Gasteiger partial charge in [0.25, 0.3) is 0 Å². The van der Waals surface area contributed by atoms with E-state index in [2.05, 4.69) is 0 Å². The van der Waals surface area contributed by atoms with Crippen LogP contribution in [0.2, 0.25) is 0 Å². The number of rotatable bonds is 3. The van der Waals surface area contributed by atoms with Gasteiger partial charge in [0.15, 0.2) is 0 Å². The van der Waals surface area contributed by atoms with Gasteiger partial charge < -0.3 is 10.5 Å². The van der Waals surface area contributed by atoms with E-state index in [0.717, 1.165) is 12.8 Å². The third kappa shape index (κ3) is 3.82. The summed E-state index contributed by atoms with van der Waals surface area (Å²) in [4.78, 5) is 11.8. The van der Waals surface area contributed by atoms with E-state index in [9.17, 15) is 4.79 Å². The van der Waals surface area contributed by atoms with Crippen LogP contribution in [0.1, 0.15) is 52.4 Å². The molecule has 1 saturated carbocycles.